The van der Waals surface area contributed by atoms with E-state index in [-0.39, 0.29) is 53.8 Å². The van der Waals surface area contributed by atoms with Crippen molar-refractivity contribution >= 4 is 23.7 Å². The second-order valence-electron chi connectivity index (χ2n) is 14.4. The largest absolute Gasteiger partial charge is 0.461 e. The highest BCUT2D eigenvalue weighted by molar-refractivity contribution is 5.91. The molecule has 3 fully saturated rings. The predicted molar refractivity (Wildman–Crippen MR) is 164 cm³/mol. The number of amides is 3. The summed E-state index contributed by atoms with van der Waals surface area (Å²) in [6, 6.07) is -1.87. The van der Waals surface area contributed by atoms with E-state index in [0.717, 1.165) is 51.6 Å². The first-order valence-electron chi connectivity index (χ1n) is 16.2. The van der Waals surface area contributed by atoms with Gasteiger partial charge in [-0.1, -0.05) is 41.0 Å². The van der Waals surface area contributed by atoms with E-state index in [4.69, 9.17) is 4.74 Å². The fourth-order valence-electron chi connectivity index (χ4n) is 6.78. The molecule has 0 aromatic carbocycles. The molecule has 10 heteroatoms. The van der Waals surface area contributed by atoms with Gasteiger partial charge in [-0.25, -0.2) is 4.79 Å². The van der Waals surface area contributed by atoms with Gasteiger partial charge >= 0.3 is 5.97 Å². The molecule has 42 heavy (non-hydrogen) atoms. The van der Waals surface area contributed by atoms with Crippen LogP contribution in [0.4, 0.5) is 0 Å². The van der Waals surface area contributed by atoms with Crippen molar-refractivity contribution in [2.75, 3.05) is 40.3 Å². The molecule has 240 valence electrons. The molecule has 10 nitrogen and oxygen atoms in total. The average Bonchev–Trinajstić information content (AvgIpc) is 3.58. The summed E-state index contributed by atoms with van der Waals surface area (Å²) in [6.45, 7) is 16.6. The number of carbonyl (C=O) groups is 4. The Bertz CT molecular complexity index is 963. The molecule has 1 N–H and O–H groups in total. The Morgan fingerprint density at radius 3 is 2.10 bits per heavy atom. The third kappa shape index (κ3) is 8.24. The number of esters is 1. The number of ether oxygens (including phenoxy) is 1. The summed E-state index contributed by atoms with van der Waals surface area (Å²) in [5, 5.41) is 3.13. The van der Waals surface area contributed by atoms with Gasteiger partial charge in [0, 0.05) is 26.2 Å². The van der Waals surface area contributed by atoms with Crippen molar-refractivity contribution in [3.8, 4) is 0 Å². The van der Waals surface area contributed by atoms with Crippen LogP contribution in [0.25, 0.3) is 0 Å². The molecule has 3 aliphatic heterocycles. The summed E-state index contributed by atoms with van der Waals surface area (Å²) in [5.41, 5.74) is -0.475. The van der Waals surface area contributed by atoms with Crippen LogP contribution in [-0.2, 0) is 23.9 Å². The van der Waals surface area contributed by atoms with Gasteiger partial charge in [0.1, 0.15) is 12.1 Å². The number of likely N-dealkylation sites (tertiary alicyclic amines) is 3. The van der Waals surface area contributed by atoms with Gasteiger partial charge in [0.25, 0.3) is 0 Å². The van der Waals surface area contributed by atoms with E-state index < -0.39 is 17.5 Å². The van der Waals surface area contributed by atoms with Gasteiger partial charge in [0.05, 0.1) is 18.2 Å². The quantitative estimate of drug-likeness (QED) is 0.390. The Morgan fingerprint density at radius 1 is 0.881 bits per heavy atom. The Balaban J connectivity index is 1.73. The molecule has 0 aliphatic carbocycles. The molecule has 0 spiro atoms. The number of rotatable bonds is 10. The molecule has 0 radical (unpaired) electrons. The average molecular weight is 592 g/mol. The lowest BCUT2D eigenvalue weighted by atomic mass is 9.84. The predicted octanol–water partition coefficient (Wildman–Crippen LogP) is 2.89. The van der Waals surface area contributed by atoms with Crippen LogP contribution in [0.5, 0.6) is 0 Å². The lowest BCUT2D eigenvalue weighted by Crippen LogP contribution is -2.61. The van der Waals surface area contributed by atoms with Gasteiger partial charge in [0.15, 0.2) is 0 Å². The monoisotopic (exact) mass is 591 g/mol. The van der Waals surface area contributed by atoms with E-state index in [9.17, 15) is 19.2 Å². The van der Waals surface area contributed by atoms with Crippen molar-refractivity contribution in [2.45, 2.75) is 130 Å². The van der Waals surface area contributed by atoms with Crippen LogP contribution in [0.3, 0.4) is 0 Å². The highest BCUT2D eigenvalue weighted by Gasteiger charge is 2.44. The summed E-state index contributed by atoms with van der Waals surface area (Å²) in [6.07, 6.45) is 5.73. The van der Waals surface area contributed by atoms with Crippen molar-refractivity contribution in [1.29, 1.82) is 0 Å². The second kappa shape index (κ2) is 14.5. The maximum atomic E-state index is 14.1. The Morgan fingerprint density at radius 2 is 1.50 bits per heavy atom. The van der Waals surface area contributed by atoms with Crippen LogP contribution < -0.4 is 5.32 Å². The molecular weight excluding hydrogens is 534 g/mol. The van der Waals surface area contributed by atoms with Crippen LogP contribution in [0.1, 0.15) is 93.4 Å². The Kier molecular flexibility index (Phi) is 11.9. The van der Waals surface area contributed by atoms with Crippen molar-refractivity contribution < 1.29 is 23.9 Å². The Labute approximate surface area is 253 Å². The van der Waals surface area contributed by atoms with E-state index in [0.29, 0.717) is 19.5 Å². The zero-order valence-electron chi connectivity index (χ0n) is 27.6. The van der Waals surface area contributed by atoms with E-state index >= 15 is 0 Å². The number of carbonyl (C=O) groups excluding carboxylic acids is 4. The van der Waals surface area contributed by atoms with Crippen molar-refractivity contribution in [3.05, 3.63) is 0 Å². The van der Waals surface area contributed by atoms with Crippen LogP contribution >= 0.6 is 0 Å². The van der Waals surface area contributed by atoms with Gasteiger partial charge in [-0.15, -0.1) is 0 Å². The summed E-state index contributed by atoms with van der Waals surface area (Å²) < 4.78 is 5.46. The number of nitrogens with zero attached hydrogens (tertiary/aromatic N) is 4. The Hall–Kier alpha value is -2.20. The molecule has 0 saturated carbocycles. The number of likely N-dealkylation sites (N-methyl/N-ethyl adjacent to an activating group) is 2. The van der Waals surface area contributed by atoms with E-state index in [1.54, 1.807) is 9.80 Å². The van der Waals surface area contributed by atoms with E-state index in [2.05, 4.69) is 29.0 Å². The maximum Gasteiger partial charge on any atom is 0.329 e. The molecular formula is C32H57N5O5. The van der Waals surface area contributed by atoms with Crippen LogP contribution in [0, 0.1) is 11.3 Å². The number of hydrogen-bond donors (Lipinski definition) is 1. The van der Waals surface area contributed by atoms with Crippen molar-refractivity contribution in [2.24, 2.45) is 11.3 Å². The molecule has 3 rings (SSSR count). The number of hydrogen-bond acceptors (Lipinski definition) is 7. The van der Waals surface area contributed by atoms with E-state index in [1.807, 2.05) is 48.7 Å². The van der Waals surface area contributed by atoms with Crippen molar-refractivity contribution in [3.63, 3.8) is 0 Å². The summed E-state index contributed by atoms with van der Waals surface area (Å²) in [4.78, 5) is 61.8. The molecule has 5 atom stereocenters. The van der Waals surface area contributed by atoms with E-state index in [1.165, 1.54) is 0 Å². The smallest absolute Gasteiger partial charge is 0.329 e. The fourth-order valence-corrected chi connectivity index (χ4v) is 6.78. The van der Waals surface area contributed by atoms with Crippen LogP contribution in [0.2, 0.25) is 0 Å². The van der Waals surface area contributed by atoms with Gasteiger partial charge < -0.3 is 19.9 Å². The van der Waals surface area contributed by atoms with Gasteiger partial charge in [-0.3, -0.25) is 24.2 Å². The molecule has 0 bridgehead atoms. The van der Waals surface area contributed by atoms with Crippen LogP contribution in [0.15, 0.2) is 0 Å². The summed E-state index contributed by atoms with van der Waals surface area (Å²) >= 11 is 0. The molecule has 3 amide bonds. The molecule has 3 aliphatic rings. The normalized spacial score (nSPS) is 25.5. The second-order valence-corrected chi connectivity index (χ2v) is 14.4. The van der Waals surface area contributed by atoms with Gasteiger partial charge in [-0.2, -0.15) is 0 Å². The topological polar surface area (TPSA) is 102 Å². The third-order valence-electron chi connectivity index (χ3n) is 9.32. The molecule has 0 aromatic rings. The lowest BCUT2D eigenvalue weighted by molar-refractivity contribution is -0.158. The fraction of sp³-hybridized carbons (Fsp3) is 0.875. The first kappa shape index (κ1) is 34.3. The maximum absolute atomic E-state index is 14.1. The standard InChI is InChI=1S/C32H57N5O5/c1-21(2)26(35(9)30(40)27(32(5,6)7)33-28(38)23-14-10-11-17-34(23)8)20-36-18-12-15-24(36)29(39)37-19-13-16-25(37)31(41)42-22(3)4/h21-27H,10-20H2,1-9H3,(H,33,38). The summed E-state index contributed by atoms with van der Waals surface area (Å²) in [5.74, 6) is -0.381. The molecule has 0 aromatic heterocycles. The SMILES string of the molecule is CC(C)OC(=O)C1CCCN1C(=O)C1CCCN1CC(C(C)C)N(C)C(=O)C(NC(=O)C1CCCCN1C)C(C)(C)C. The van der Waals surface area contributed by atoms with Crippen molar-refractivity contribution in [1.82, 2.24) is 24.9 Å². The minimum Gasteiger partial charge on any atom is -0.461 e. The molecule has 5 unspecified atom stereocenters. The lowest BCUT2D eigenvalue weighted by Gasteiger charge is -2.41. The number of nitrogens with one attached hydrogen (secondary N) is 1. The highest BCUT2D eigenvalue weighted by Crippen LogP contribution is 2.29. The minimum absolute atomic E-state index is 0.0105. The minimum atomic E-state index is -0.667. The number of piperidine rings is 1. The highest BCUT2D eigenvalue weighted by atomic mass is 16.5. The van der Waals surface area contributed by atoms with Gasteiger partial charge in [0.2, 0.25) is 17.7 Å². The van der Waals surface area contributed by atoms with Crippen LogP contribution in [-0.4, -0.2) is 120 Å². The molecule has 3 heterocycles. The first-order valence-corrected chi connectivity index (χ1v) is 16.2. The zero-order valence-corrected chi connectivity index (χ0v) is 27.6. The third-order valence-corrected chi connectivity index (χ3v) is 9.32. The zero-order chi connectivity index (χ0) is 31.4. The summed E-state index contributed by atoms with van der Waals surface area (Å²) in [7, 11) is 3.81. The molecule has 3 saturated heterocycles. The van der Waals surface area contributed by atoms with Gasteiger partial charge in [-0.05, 0) is 83.8 Å². The first-order chi connectivity index (χ1) is 19.6.